The average Bonchev–Trinajstić information content (AvgIpc) is 3.24. The van der Waals surface area contributed by atoms with E-state index in [1.54, 1.807) is 0 Å². The van der Waals surface area contributed by atoms with Gasteiger partial charge in [-0.15, -0.1) is 0 Å². The standard InChI is InChI=1S/C34H18/c1-2-10-21-19(8-1)18-20-9-7-15-27-29(20)30(21)28-17-16-26-22-11-3-4-12-23(22)31-24-13-5-6-14-25(24)32(27)34(28)33(26)31/h1-18H. The minimum atomic E-state index is 1.31. The van der Waals surface area contributed by atoms with Crippen LogP contribution in [0.2, 0.25) is 0 Å². The molecular formula is C34H18. The van der Waals surface area contributed by atoms with Gasteiger partial charge in [-0.2, -0.15) is 0 Å². The highest BCUT2D eigenvalue weighted by atomic mass is 14.3. The van der Waals surface area contributed by atoms with Crippen molar-refractivity contribution in [2.24, 2.45) is 0 Å². The number of benzene rings is 8. The third kappa shape index (κ3) is 1.82. The quantitative estimate of drug-likeness (QED) is 0.167. The lowest BCUT2D eigenvalue weighted by Crippen LogP contribution is -1.91. The van der Waals surface area contributed by atoms with E-state index in [4.69, 9.17) is 0 Å². The van der Waals surface area contributed by atoms with Gasteiger partial charge in [-0.3, -0.25) is 0 Å². The Morgan fingerprint density at radius 3 is 1.85 bits per heavy atom. The van der Waals surface area contributed by atoms with Gasteiger partial charge < -0.3 is 0 Å². The van der Waals surface area contributed by atoms with Crippen molar-refractivity contribution in [3.05, 3.63) is 109 Å². The van der Waals surface area contributed by atoms with Crippen molar-refractivity contribution < 1.29 is 0 Å². The zero-order valence-corrected chi connectivity index (χ0v) is 18.4. The van der Waals surface area contributed by atoms with Gasteiger partial charge in [-0.05, 0) is 93.0 Å². The zero-order valence-electron chi connectivity index (χ0n) is 18.4. The molecule has 0 aliphatic heterocycles. The molecule has 0 saturated heterocycles. The smallest absolute Gasteiger partial charge is 0.000718 e. The van der Waals surface area contributed by atoms with Crippen molar-refractivity contribution in [2.75, 3.05) is 0 Å². The highest BCUT2D eigenvalue weighted by Gasteiger charge is 2.27. The summed E-state index contributed by atoms with van der Waals surface area (Å²) in [4.78, 5) is 0. The molecule has 0 amide bonds. The van der Waals surface area contributed by atoms with Crippen molar-refractivity contribution in [1.29, 1.82) is 0 Å². The van der Waals surface area contributed by atoms with E-state index in [2.05, 4.69) is 109 Å². The van der Waals surface area contributed by atoms with E-state index in [1.807, 2.05) is 0 Å². The van der Waals surface area contributed by atoms with Crippen LogP contribution < -0.4 is 0 Å². The van der Waals surface area contributed by atoms with Crippen LogP contribution in [0, 0.1) is 0 Å². The molecule has 0 heterocycles. The number of hydrogen-bond donors (Lipinski definition) is 0. The molecule has 9 rings (SSSR count). The van der Waals surface area contributed by atoms with Crippen molar-refractivity contribution in [2.45, 2.75) is 0 Å². The Balaban J connectivity index is 1.73. The van der Waals surface area contributed by atoms with E-state index < -0.39 is 0 Å². The Morgan fingerprint density at radius 1 is 0.294 bits per heavy atom. The van der Waals surface area contributed by atoms with Crippen LogP contribution in [0.15, 0.2) is 109 Å². The fraction of sp³-hybridized carbons (Fsp3) is 0. The van der Waals surface area contributed by atoms with Gasteiger partial charge in [0.15, 0.2) is 0 Å². The molecule has 0 N–H and O–H groups in total. The summed E-state index contributed by atoms with van der Waals surface area (Å²) in [5.74, 6) is 0. The van der Waals surface area contributed by atoms with Gasteiger partial charge in [0.2, 0.25) is 0 Å². The molecule has 1 aliphatic carbocycles. The molecule has 34 heavy (non-hydrogen) atoms. The topological polar surface area (TPSA) is 0 Å². The minimum absolute atomic E-state index is 1.31. The molecule has 0 saturated carbocycles. The average molecular weight is 427 g/mol. The summed E-state index contributed by atoms with van der Waals surface area (Å²) in [6, 6.07) is 40.8. The van der Waals surface area contributed by atoms with Crippen LogP contribution >= 0.6 is 0 Å². The Hall–Kier alpha value is -4.42. The molecule has 0 spiro atoms. The van der Waals surface area contributed by atoms with Gasteiger partial charge >= 0.3 is 0 Å². The lowest BCUT2D eigenvalue weighted by Gasteiger charge is -2.19. The Labute approximate surface area is 196 Å². The summed E-state index contributed by atoms with van der Waals surface area (Å²) in [5.41, 5.74) is 5.48. The Kier molecular flexibility index (Phi) is 2.88. The Bertz CT molecular complexity index is 2160. The summed E-state index contributed by atoms with van der Waals surface area (Å²) < 4.78 is 0. The van der Waals surface area contributed by atoms with E-state index in [0.717, 1.165) is 0 Å². The fourth-order valence-electron chi connectivity index (χ4n) is 6.85. The molecule has 0 heteroatoms. The molecule has 8 aromatic rings. The monoisotopic (exact) mass is 426 g/mol. The highest BCUT2D eigenvalue weighted by molar-refractivity contribution is 6.45. The summed E-state index contributed by atoms with van der Waals surface area (Å²) in [7, 11) is 0. The lowest BCUT2D eigenvalue weighted by molar-refractivity contribution is 1.70. The predicted octanol–water partition coefficient (Wildman–Crippen LogP) is 9.69. The maximum absolute atomic E-state index is 2.39. The van der Waals surface area contributed by atoms with Gasteiger partial charge in [0.1, 0.15) is 0 Å². The molecule has 154 valence electrons. The summed E-state index contributed by atoms with van der Waals surface area (Å²) in [6.07, 6.45) is 0. The summed E-state index contributed by atoms with van der Waals surface area (Å²) in [6.45, 7) is 0. The van der Waals surface area contributed by atoms with Crippen LogP contribution in [0.5, 0.6) is 0 Å². The first-order valence-corrected chi connectivity index (χ1v) is 12.0. The third-order valence-corrected chi connectivity index (χ3v) is 8.08. The number of hydrogen-bond acceptors (Lipinski definition) is 0. The third-order valence-electron chi connectivity index (χ3n) is 8.08. The van der Waals surface area contributed by atoms with E-state index >= 15 is 0 Å². The predicted molar refractivity (Wildman–Crippen MR) is 147 cm³/mol. The van der Waals surface area contributed by atoms with Gasteiger partial charge in [0.05, 0.1) is 0 Å². The van der Waals surface area contributed by atoms with Gasteiger partial charge in [-0.1, -0.05) is 103 Å². The normalized spacial score (nSPS) is 12.7. The molecule has 1 aliphatic rings. The molecule has 0 atom stereocenters. The first-order valence-electron chi connectivity index (χ1n) is 12.0. The maximum Gasteiger partial charge on any atom is -0.000718 e. The van der Waals surface area contributed by atoms with Crippen LogP contribution in [0.1, 0.15) is 0 Å². The summed E-state index contributed by atoms with van der Waals surface area (Å²) in [5, 5.41) is 16.4. The molecule has 8 aromatic carbocycles. The molecular weight excluding hydrogens is 408 g/mol. The van der Waals surface area contributed by atoms with Crippen LogP contribution in [-0.4, -0.2) is 0 Å². The Morgan fingerprint density at radius 2 is 0.941 bits per heavy atom. The largest absolute Gasteiger partial charge is 0.0616 e. The first-order chi connectivity index (χ1) is 16.9. The van der Waals surface area contributed by atoms with E-state index in [0.29, 0.717) is 0 Å². The van der Waals surface area contributed by atoms with Gasteiger partial charge in [0.25, 0.3) is 0 Å². The second-order valence-corrected chi connectivity index (χ2v) is 9.63. The van der Waals surface area contributed by atoms with Crippen LogP contribution in [0.3, 0.4) is 0 Å². The molecule has 0 bridgehead atoms. The van der Waals surface area contributed by atoms with Crippen LogP contribution in [-0.2, 0) is 0 Å². The van der Waals surface area contributed by atoms with Crippen molar-refractivity contribution >= 4 is 64.6 Å². The van der Waals surface area contributed by atoms with Crippen LogP contribution in [0.4, 0.5) is 0 Å². The van der Waals surface area contributed by atoms with E-state index in [-0.39, 0.29) is 0 Å². The van der Waals surface area contributed by atoms with E-state index in [1.165, 1.54) is 86.9 Å². The molecule has 0 aromatic heterocycles. The molecule has 0 radical (unpaired) electrons. The molecule has 0 unspecified atom stereocenters. The minimum Gasteiger partial charge on any atom is -0.0616 e. The van der Waals surface area contributed by atoms with Crippen molar-refractivity contribution in [1.82, 2.24) is 0 Å². The number of fused-ring (bicyclic) bond motifs is 10. The number of rotatable bonds is 0. The lowest BCUT2D eigenvalue weighted by atomic mass is 9.83. The van der Waals surface area contributed by atoms with Gasteiger partial charge in [0, 0.05) is 0 Å². The summed E-state index contributed by atoms with van der Waals surface area (Å²) >= 11 is 0. The molecule has 0 fully saturated rings. The fourth-order valence-corrected chi connectivity index (χ4v) is 6.85. The van der Waals surface area contributed by atoms with Crippen molar-refractivity contribution in [3.63, 3.8) is 0 Å². The van der Waals surface area contributed by atoms with Gasteiger partial charge in [-0.25, -0.2) is 0 Å². The maximum atomic E-state index is 2.39. The second-order valence-electron chi connectivity index (χ2n) is 9.63. The van der Waals surface area contributed by atoms with Crippen LogP contribution in [0.25, 0.3) is 86.9 Å². The zero-order chi connectivity index (χ0) is 22.0. The van der Waals surface area contributed by atoms with E-state index in [9.17, 15) is 0 Å². The van der Waals surface area contributed by atoms with Crippen molar-refractivity contribution in [3.8, 4) is 22.3 Å². The molecule has 0 nitrogen and oxygen atoms in total. The second kappa shape index (κ2) is 5.73. The highest BCUT2D eigenvalue weighted by Crippen LogP contribution is 2.55. The SMILES string of the molecule is c1ccc2c(c1)-c1ccc3c4c1c-2c1ccccc1c4c1cccc2cc4ccccc4c3c21. The first kappa shape index (κ1) is 17.1.